The average Bonchev–Trinajstić information content (AvgIpc) is 2.75. The van der Waals surface area contributed by atoms with Crippen LogP contribution in [-0.4, -0.2) is 40.2 Å². The molecule has 0 fully saturated rings. The van der Waals surface area contributed by atoms with Crippen molar-refractivity contribution in [1.82, 2.24) is 9.88 Å². The first-order chi connectivity index (χ1) is 10.5. The highest BCUT2D eigenvalue weighted by Crippen LogP contribution is 2.42. The third-order valence-corrected chi connectivity index (χ3v) is 3.16. The number of H-pyrrole nitrogens is 1. The van der Waals surface area contributed by atoms with Crippen molar-refractivity contribution in [3.63, 3.8) is 0 Å². The zero-order valence-electron chi connectivity index (χ0n) is 13.6. The summed E-state index contributed by atoms with van der Waals surface area (Å²) in [6.45, 7) is -2.07. The summed E-state index contributed by atoms with van der Waals surface area (Å²) >= 11 is 0. The number of nitrogens with one attached hydrogen (secondary N) is 1. The third-order valence-electron chi connectivity index (χ3n) is 2.72. The lowest BCUT2D eigenvalue weighted by Gasteiger charge is -2.11. The SMILES string of the molecule is [2H]C([2H])([2H])N(C)CCc1c[nH]c2cc(F)cc(OP(=O)(O)O)c12. The fourth-order valence-electron chi connectivity index (χ4n) is 1.95. The predicted molar refractivity (Wildman–Crippen MR) is 73.2 cm³/mol. The van der Waals surface area contributed by atoms with E-state index in [4.69, 9.17) is 13.9 Å². The van der Waals surface area contributed by atoms with E-state index in [1.165, 1.54) is 24.2 Å². The van der Waals surface area contributed by atoms with Gasteiger partial charge in [-0.05, 0) is 32.1 Å². The van der Waals surface area contributed by atoms with E-state index in [1.54, 1.807) is 0 Å². The highest BCUT2D eigenvalue weighted by atomic mass is 31.2. The van der Waals surface area contributed by atoms with Crippen LogP contribution in [0, 0.1) is 5.82 Å². The van der Waals surface area contributed by atoms with Crippen LogP contribution in [0.1, 0.15) is 9.68 Å². The Bertz CT molecular complexity index is 759. The summed E-state index contributed by atoms with van der Waals surface area (Å²) in [5.74, 6) is -1.00. The number of nitrogens with zero attached hydrogens (tertiary/aromatic N) is 1. The second kappa shape index (κ2) is 5.54. The van der Waals surface area contributed by atoms with E-state index in [9.17, 15) is 8.96 Å². The maximum atomic E-state index is 13.5. The van der Waals surface area contributed by atoms with Gasteiger partial charge in [0, 0.05) is 28.3 Å². The van der Waals surface area contributed by atoms with Crippen LogP contribution in [0.3, 0.4) is 0 Å². The van der Waals surface area contributed by atoms with Gasteiger partial charge in [-0.25, -0.2) is 8.96 Å². The molecular weight excluding hydrogens is 286 g/mol. The largest absolute Gasteiger partial charge is 0.524 e. The van der Waals surface area contributed by atoms with Crippen LogP contribution in [-0.2, 0) is 11.0 Å². The molecule has 110 valence electrons. The zero-order valence-corrected chi connectivity index (χ0v) is 11.5. The number of phosphoric ester groups is 1. The molecule has 1 aromatic carbocycles. The summed E-state index contributed by atoms with van der Waals surface area (Å²) in [4.78, 5) is 21.8. The Balaban J connectivity index is 2.36. The lowest BCUT2D eigenvalue weighted by Crippen LogP contribution is -2.14. The minimum atomic E-state index is -4.85. The minimum absolute atomic E-state index is 0.177. The summed E-state index contributed by atoms with van der Waals surface area (Å²) in [5, 5.41) is 0.314. The molecule has 6 nitrogen and oxygen atoms in total. The van der Waals surface area contributed by atoms with Gasteiger partial charge in [-0.3, -0.25) is 9.79 Å². The summed E-state index contributed by atoms with van der Waals surface area (Å²) in [7, 11) is -3.41. The number of fused-ring (bicyclic) bond motifs is 1. The molecule has 2 rings (SSSR count). The van der Waals surface area contributed by atoms with Crippen LogP contribution in [0.4, 0.5) is 4.39 Å². The topological polar surface area (TPSA) is 85.8 Å². The number of phosphoric acid groups is 1. The molecule has 0 bridgehead atoms. The standard InChI is InChI=1S/C12H16FN2O4P/c1-15(2)4-3-8-7-14-10-5-9(13)6-11(12(8)10)19-20(16,17)18/h5-7,14H,3-4H2,1-2H3,(H2,16,17,18)/i1D3. The van der Waals surface area contributed by atoms with Crippen molar-refractivity contribution in [3.05, 3.63) is 29.7 Å². The molecule has 2 aromatic rings. The van der Waals surface area contributed by atoms with Crippen LogP contribution in [0.25, 0.3) is 10.9 Å². The Morgan fingerprint density at radius 1 is 1.55 bits per heavy atom. The van der Waals surface area contributed by atoms with Crippen LogP contribution in [0.15, 0.2) is 18.3 Å². The molecule has 0 spiro atoms. The number of hydrogen-bond donors (Lipinski definition) is 3. The molecule has 0 unspecified atom stereocenters. The molecule has 0 saturated carbocycles. The second-order valence-corrected chi connectivity index (χ2v) is 5.56. The van der Waals surface area contributed by atoms with Gasteiger partial charge in [-0.15, -0.1) is 0 Å². The normalized spacial score (nSPS) is 15.2. The van der Waals surface area contributed by atoms with E-state index in [0.29, 0.717) is 16.5 Å². The Morgan fingerprint density at radius 3 is 2.95 bits per heavy atom. The van der Waals surface area contributed by atoms with Crippen molar-refractivity contribution in [3.8, 4) is 5.75 Å². The first-order valence-corrected chi connectivity index (χ1v) is 7.26. The first kappa shape index (κ1) is 11.3. The number of halogens is 1. The van der Waals surface area contributed by atoms with Crippen LogP contribution >= 0.6 is 7.82 Å². The monoisotopic (exact) mass is 305 g/mol. The minimum Gasteiger partial charge on any atom is -0.403 e. The number of benzene rings is 1. The van der Waals surface area contributed by atoms with Gasteiger partial charge in [-0.1, -0.05) is 0 Å². The van der Waals surface area contributed by atoms with Gasteiger partial charge in [0.05, 0.1) is 5.52 Å². The molecule has 0 saturated heterocycles. The quantitative estimate of drug-likeness (QED) is 0.734. The predicted octanol–water partition coefficient (Wildman–Crippen LogP) is 1.88. The van der Waals surface area contributed by atoms with Crippen LogP contribution in [0.2, 0.25) is 0 Å². The summed E-state index contributed by atoms with van der Waals surface area (Å²) in [6, 6.07) is 2.05. The lowest BCUT2D eigenvalue weighted by molar-refractivity contribution is 0.284. The molecule has 0 amide bonds. The van der Waals surface area contributed by atoms with Gasteiger partial charge in [0.1, 0.15) is 11.6 Å². The van der Waals surface area contributed by atoms with E-state index in [-0.39, 0.29) is 18.7 Å². The van der Waals surface area contributed by atoms with Gasteiger partial charge in [-0.2, -0.15) is 0 Å². The second-order valence-electron chi connectivity index (χ2n) is 4.39. The number of aromatic amines is 1. The Morgan fingerprint density at radius 2 is 2.30 bits per heavy atom. The maximum absolute atomic E-state index is 13.5. The molecule has 0 radical (unpaired) electrons. The fraction of sp³-hybridized carbons (Fsp3) is 0.333. The zero-order chi connectivity index (χ0) is 17.4. The van der Waals surface area contributed by atoms with Gasteiger partial charge in [0.25, 0.3) is 0 Å². The van der Waals surface area contributed by atoms with Crippen molar-refractivity contribution in [2.75, 3.05) is 20.6 Å². The Kier molecular flexibility index (Phi) is 3.12. The molecule has 20 heavy (non-hydrogen) atoms. The lowest BCUT2D eigenvalue weighted by atomic mass is 10.1. The van der Waals surface area contributed by atoms with E-state index in [1.807, 2.05) is 0 Å². The van der Waals surface area contributed by atoms with Gasteiger partial charge < -0.3 is 14.4 Å². The van der Waals surface area contributed by atoms with Crippen molar-refractivity contribution < 1.29 is 27.4 Å². The smallest absolute Gasteiger partial charge is 0.403 e. The maximum Gasteiger partial charge on any atom is 0.524 e. The third kappa shape index (κ3) is 3.58. The van der Waals surface area contributed by atoms with E-state index < -0.39 is 20.6 Å². The van der Waals surface area contributed by atoms with Crippen molar-refractivity contribution in [2.45, 2.75) is 6.42 Å². The molecule has 0 aliphatic carbocycles. The summed E-state index contributed by atoms with van der Waals surface area (Å²) in [5.41, 5.74) is 0.875. The average molecular weight is 305 g/mol. The summed E-state index contributed by atoms with van der Waals surface area (Å²) in [6.07, 6.45) is 1.81. The highest BCUT2D eigenvalue weighted by molar-refractivity contribution is 7.46. The number of hydrogen-bond acceptors (Lipinski definition) is 3. The highest BCUT2D eigenvalue weighted by Gasteiger charge is 2.20. The molecular formula is C12H16FN2O4P. The summed E-state index contributed by atoms with van der Waals surface area (Å²) < 4.78 is 51.0. The van der Waals surface area contributed by atoms with Crippen molar-refractivity contribution in [2.24, 2.45) is 0 Å². The molecule has 0 atom stereocenters. The van der Waals surface area contributed by atoms with Crippen LogP contribution < -0.4 is 4.52 Å². The number of likely N-dealkylation sites (N-methyl/N-ethyl adjacent to an activating group) is 1. The molecule has 8 heteroatoms. The molecule has 1 heterocycles. The van der Waals surface area contributed by atoms with Gasteiger partial charge in [0.2, 0.25) is 0 Å². The molecule has 3 N–H and O–H groups in total. The Labute approximate surface area is 119 Å². The molecule has 1 aromatic heterocycles. The van der Waals surface area contributed by atoms with E-state index >= 15 is 0 Å². The molecule has 0 aliphatic heterocycles. The Hall–Kier alpha value is -1.40. The van der Waals surface area contributed by atoms with Gasteiger partial charge >= 0.3 is 7.82 Å². The van der Waals surface area contributed by atoms with Crippen molar-refractivity contribution >= 4 is 18.7 Å². The number of aromatic nitrogens is 1. The van der Waals surface area contributed by atoms with E-state index in [0.717, 1.165) is 6.07 Å². The van der Waals surface area contributed by atoms with Crippen molar-refractivity contribution in [1.29, 1.82) is 0 Å². The van der Waals surface area contributed by atoms with Crippen LogP contribution in [0.5, 0.6) is 5.75 Å². The van der Waals surface area contributed by atoms with Gasteiger partial charge in [0.15, 0.2) is 0 Å². The van der Waals surface area contributed by atoms with E-state index in [2.05, 4.69) is 9.51 Å². The number of rotatable bonds is 5. The first-order valence-electron chi connectivity index (χ1n) is 7.23. The molecule has 0 aliphatic rings. The fourth-order valence-corrected chi connectivity index (χ4v) is 2.35.